The maximum atomic E-state index is 12.0. The molecular weight excluding hydrogens is 264 g/mol. The van der Waals surface area contributed by atoms with E-state index in [1.807, 2.05) is 12.1 Å². The van der Waals surface area contributed by atoms with Crippen molar-refractivity contribution in [3.63, 3.8) is 0 Å². The standard InChI is InChI=1S/C16H26N4O/c1-4-20(12-13-7-5-6-9-17-13)14-8-10-18-15(11-14)16(21)19(2)3/h8,10-11,13,17H,4-7,9,12H2,1-3H3. The van der Waals surface area contributed by atoms with Crippen molar-refractivity contribution >= 4 is 11.6 Å². The Bertz CT molecular complexity index is 469. The first kappa shape index (κ1) is 15.8. The summed E-state index contributed by atoms with van der Waals surface area (Å²) in [6.45, 7) is 5.17. The van der Waals surface area contributed by atoms with E-state index in [9.17, 15) is 4.79 Å². The van der Waals surface area contributed by atoms with Crippen LogP contribution in [0.1, 0.15) is 36.7 Å². The SMILES string of the molecule is CCN(CC1CCCCN1)c1ccnc(C(=O)N(C)C)c1. The van der Waals surface area contributed by atoms with Gasteiger partial charge in [-0.2, -0.15) is 0 Å². The van der Waals surface area contributed by atoms with E-state index in [1.54, 1.807) is 25.2 Å². The molecule has 21 heavy (non-hydrogen) atoms. The minimum Gasteiger partial charge on any atom is -0.370 e. The molecule has 1 N–H and O–H groups in total. The van der Waals surface area contributed by atoms with Crippen molar-refractivity contribution in [2.75, 3.05) is 38.6 Å². The molecule has 1 aromatic heterocycles. The lowest BCUT2D eigenvalue weighted by Crippen LogP contribution is -2.43. The van der Waals surface area contributed by atoms with E-state index >= 15 is 0 Å². The molecule has 0 aliphatic carbocycles. The van der Waals surface area contributed by atoms with E-state index in [-0.39, 0.29) is 5.91 Å². The van der Waals surface area contributed by atoms with Gasteiger partial charge in [-0.3, -0.25) is 9.78 Å². The molecule has 0 saturated carbocycles. The monoisotopic (exact) mass is 290 g/mol. The molecule has 1 unspecified atom stereocenters. The minimum absolute atomic E-state index is 0.0521. The predicted octanol–water partition coefficient (Wildman–Crippen LogP) is 1.75. The Morgan fingerprint density at radius 1 is 1.43 bits per heavy atom. The van der Waals surface area contributed by atoms with Gasteiger partial charge in [0.15, 0.2) is 0 Å². The van der Waals surface area contributed by atoms with Crippen LogP contribution in [0.5, 0.6) is 0 Å². The quantitative estimate of drug-likeness (QED) is 0.897. The first-order valence-electron chi connectivity index (χ1n) is 7.78. The third-order valence-electron chi connectivity index (χ3n) is 3.97. The van der Waals surface area contributed by atoms with Crippen LogP contribution in [0.25, 0.3) is 0 Å². The Hall–Kier alpha value is -1.62. The molecule has 0 bridgehead atoms. The van der Waals surface area contributed by atoms with E-state index in [4.69, 9.17) is 0 Å². The molecule has 1 saturated heterocycles. The number of piperidine rings is 1. The number of rotatable bonds is 5. The number of likely N-dealkylation sites (N-methyl/N-ethyl adjacent to an activating group) is 1. The number of hydrogen-bond donors (Lipinski definition) is 1. The highest BCUT2D eigenvalue weighted by atomic mass is 16.2. The van der Waals surface area contributed by atoms with Gasteiger partial charge in [-0.05, 0) is 38.4 Å². The Kier molecular flexibility index (Phi) is 5.56. The van der Waals surface area contributed by atoms with Crippen molar-refractivity contribution in [3.05, 3.63) is 24.0 Å². The minimum atomic E-state index is -0.0521. The molecule has 5 nitrogen and oxygen atoms in total. The maximum absolute atomic E-state index is 12.0. The number of pyridine rings is 1. The summed E-state index contributed by atoms with van der Waals surface area (Å²) in [5.74, 6) is -0.0521. The second kappa shape index (κ2) is 7.41. The average molecular weight is 290 g/mol. The van der Waals surface area contributed by atoms with Crippen LogP contribution in [0.4, 0.5) is 5.69 Å². The molecular formula is C16H26N4O. The first-order chi connectivity index (χ1) is 10.1. The van der Waals surface area contributed by atoms with Crippen LogP contribution >= 0.6 is 0 Å². The van der Waals surface area contributed by atoms with Gasteiger partial charge in [-0.1, -0.05) is 6.42 Å². The van der Waals surface area contributed by atoms with Gasteiger partial charge >= 0.3 is 0 Å². The highest BCUT2D eigenvalue weighted by Gasteiger charge is 2.17. The van der Waals surface area contributed by atoms with Crippen LogP contribution < -0.4 is 10.2 Å². The number of amides is 1. The zero-order valence-electron chi connectivity index (χ0n) is 13.3. The molecule has 1 aromatic rings. The Morgan fingerprint density at radius 2 is 2.24 bits per heavy atom. The van der Waals surface area contributed by atoms with E-state index in [2.05, 4.69) is 22.1 Å². The van der Waals surface area contributed by atoms with Crippen LogP contribution in [-0.4, -0.2) is 55.6 Å². The molecule has 1 amide bonds. The van der Waals surface area contributed by atoms with Crippen molar-refractivity contribution in [2.24, 2.45) is 0 Å². The summed E-state index contributed by atoms with van der Waals surface area (Å²) in [6.07, 6.45) is 5.53. The third kappa shape index (κ3) is 4.17. The van der Waals surface area contributed by atoms with Gasteiger partial charge in [-0.15, -0.1) is 0 Å². The van der Waals surface area contributed by atoms with Gasteiger partial charge in [0.2, 0.25) is 0 Å². The van der Waals surface area contributed by atoms with Crippen molar-refractivity contribution in [1.29, 1.82) is 0 Å². The van der Waals surface area contributed by atoms with Gasteiger partial charge in [0.25, 0.3) is 5.91 Å². The number of nitrogens with one attached hydrogen (secondary N) is 1. The maximum Gasteiger partial charge on any atom is 0.272 e. The van der Waals surface area contributed by atoms with E-state index < -0.39 is 0 Å². The van der Waals surface area contributed by atoms with Gasteiger partial charge in [0.05, 0.1) is 0 Å². The number of carbonyl (C=O) groups is 1. The molecule has 1 fully saturated rings. The Morgan fingerprint density at radius 3 is 2.86 bits per heavy atom. The first-order valence-corrected chi connectivity index (χ1v) is 7.78. The topological polar surface area (TPSA) is 48.5 Å². The Balaban J connectivity index is 2.10. The van der Waals surface area contributed by atoms with E-state index in [1.165, 1.54) is 19.3 Å². The molecule has 2 rings (SSSR count). The number of carbonyl (C=O) groups excluding carboxylic acids is 1. The summed E-state index contributed by atoms with van der Waals surface area (Å²) in [5, 5.41) is 3.58. The Labute approximate surface area is 127 Å². The fourth-order valence-electron chi connectivity index (χ4n) is 2.73. The second-order valence-corrected chi connectivity index (χ2v) is 5.78. The zero-order chi connectivity index (χ0) is 15.2. The van der Waals surface area contributed by atoms with Crippen LogP contribution in [0, 0.1) is 0 Å². The van der Waals surface area contributed by atoms with Crippen molar-refractivity contribution in [1.82, 2.24) is 15.2 Å². The predicted molar refractivity (Wildman–Crippen MR) is 85.8 cm³/mol. The normalized spacial score (nSPS) is 18.3. The van der Waals surface area contributed by atoms with Crippen molar-refractivity contribution < 1.29 is 4.79 Å². The largest absolute Gasteiger partial charge is 0.370 e. The van der Waals surface area contributed by atoms with Gasteiger partial charge in [0.1, 0.15) is 5.69 Å². The summed E-state index contributed by atoms with van der Waals surface area (Å²) in [4.78, 5) is 20.1. The summed E-state index contributed by atoms with van der Waals surface area (Å²) >= 11 is 0. The highest BCUT2D eigenvalue weighted by molar-refractivity contribution is 5.92. The number of nitrogens with zero attached hydrogens (tertiary/aromatic N) is 3. The molecule has 1 atom stereocenters. The lowest BCUT2D eigenvalue weighted by atomic mass is 10.0. The van der Waals surface area contributed by atoms with Crippen molar-refractivity contribution in [3.8, 4) is 0 Å². The lowest BCUT2D eigenvalue weighted by Gasteiger charge is -2.31. The summed E-state index contributed by atoms with van der Waals surface area (Å²) < 4.78 is 0. The van der Waals surface area contributed by atoms with Crippen LogP contribution in [-0.2, 0) is 0 Å². The summed E-state index contributed by atoms with van der Waals surface area (Å²) in [6, 6.07) is 4.42. The third-order valence-corrected chi connectivity index (χ3v) is 3.97. The molecule has 116 valence electrons. The smallest absolute Gasteiger partial charge is 0.272 e. The number of aromatic nitrogens is 1. The van der Waals surface area contributed by atoms with Gasteiger partial charge < -0.3 is 15.1 Å². The molecule has 2 heterocycles. The zero-order valence-corrected chi connectivity index (χ0v) is 13.3. The van der Waals surface area contributed by atoms with Crippen LogP contribution in [0.3, 0.4) is 0 Å². The highest BCUT2D eigenvalue weighted by Crippen LogP contribution is 2.17. The van der Waals surface area contributed by atoms with E-state index in [0.29, 0.717) is 11.7 Å². The fraction of sp³-hybridized carbons (Fsp3) is 0.625. The second-order valence-electron chi connectivity index (χ2n) is 5.78. The van der Waals surface area contributed by atoms with Gasteiger partial charge in [0, 0.05) is 45.1 Å². The molecule has 0 aromatic carbocycles. The van der Waals surface area contributed by atoms with Crippen LogP contribution in [0.2, 0.25) is 0 Å². The van der Waals surface area contributed by atoms with Crippen LogP contribution in [0.15, 0.2) is 18.3 Å². The molecule has 1 aliphatic heterocycles. The molecule has 5 heteroatoms. The molecule has 1 aliphatic rings. The average Bonchev–Trinajstić information content (AvgIpc) is 2.53. The molecule has 0 radical (unpaired) electrons. The number of anilines is 1. The fourth-order valence-corrected chi connectivity index (χ4v) is 2.73. The summed E-state index contributed by atoms with van der Waals surface area (Å²) in [5.41, 5.74) is 1.58. The lowest BCUT2D eigenvalue weighted by molar-refractivity contribution is 0.0822. The number of hydrogen-bond acceptors (Lipinski definition) is 4. The van der Waals surface area contributed by atoms with Crippen molar-refractivity contribution in [2.45, 2.75) is 32.2 Å². The molecule has 0 spiro atoms. The summed E-state index contributed by atoms with van der Waals surface area (Å²) in [7, 11) is 3.50. The van der Waals surface area contributed by atoms with E-state index in [0.717, 1.165) is 25.3 Å². The van der Waals surface area contributed by atoms with Gasteiger partial charge in [-0.25, -0.2) is 0 Å².